The van der Waals surface area contributed by atoms with E-state index in [9.17, 15) is 4.39 Å². The van der Waals surface area contributed by atoms with E-state index in [0.717, 1.165) is 5.57 Å². The van der Waals surface area contributed by atoms with Crippen LogP contribution in [0.15, 0.2) is 35.7 Å². The second-order valence-electron chi connectivity index (χ2n) is 2.30. The maximum Gasteiger partial charge on any atom is 0.123 e. The van der Waals surface area contributed by atoms with Crippen molar-refractivity contribution in [1.82, 2.24) is 0 Å². The minimum absolute atomic E-state index is 0.196. The molecule has 0 fully saturated rings. The molecule has 0 aliphatic rings. The lowest BCUT2D eigenvalue weighted by Gasteiger charge is -1.85. The van der Waals surface area contributed by atoms with E-state index in [4.69, 9.17) is 0 Å². The van der Waals surface area contributed by atoms with E-state index in [2.05, 4.69) is 0 Å². The van der Waals surface area contributed by atoms with Crippen LogP contribution in [0.1, 0.15) is 20.8 Å². The smallest absolute Gasteiger partial charge is 0.123 e. The minimum atomic E-state index is -0.196. The van der Waals surface area contributed by atoms with Gasteiger partial charge in [0.2, 0.25) is 0 Å². The average molecular weight is 140 g/mol. The third-order valence-corrected chi connectivity index (χ3v) is 0.874. The summed E-state index contributed by atoms with van der Waals surface area (Å²) >= 11 is 0. The van der Waals surface area contributed by atoms with Crippen molar-refractivity contribution in [1.29, 1.82) is 0 Å². The Hall–Kier alpha value is -0.850. The van der Waals surface area contributed by atoms with E-state index in [-0.39, 0.29) is 5.83 Å². The van der Waals surface area contributed by atoms with Gasteiger partial charge in [-0.3, -0.25) is 0 Å². The molecule has 10 heavy (non-hydrogen) atoms. The van der Waals surface area contributed by atoms with Crippen molar-refractivity contribution in [2.24, 2.45) is 0 Å². The third kappa shape index (κ3) is 5.29. The van der Waals surface area contributed by atoms with Gasteiger partial charge in [0.1, 0.15) is 5.83 Å². The van der Waals surface area contributed by atoms with E-state index in [1.807, 2.05) is 20.8 Å². The first kappa shape index (κ1) is 9.15. The summed E-state index contributed by atoms with van der Waals surface area (Å²) in [6.07, 6.45) is 6.40. The first-order chi connectivity index (χ1) is 4.66. The fourth-order valence-corrected chi connectivity index (χ4v) is 0.512. The van der Waals surface area contributed by atoms with Crippen LogP contribution >= 0.6 is 0 Å². The van der Waals surface area contributed by atoms with Gasteiger partial charge in [0, 0.05) is 0 Å². The molecule has 0 spiro atoms. The lowest BCUT2D eigenvalue weighted by atomic mass is 10.3. The molecule has 0 aromatic carbocycles. The molecule has 0 rings (SSSR count). The lowest BCUT2D eigenvalue weighted by Crippen LogP contribution is -1.66. The summed E-state index contributed by atoms with van der Waals surface area (Å²) in [4.78, 5) is 0. The molecule has 0 saturated carbocycles. The molecule has 0 radical (unpaired) electrons. The summed E-state index contributed by atoms with van der Waals surface area (Å²) in [6, 6.07) is 0. The molecule has 1 heteroatoms. The van der Waals surface area contributed by atoms with E-state index in [1.165, 1.54) is 12.2 Å². The molecule has 0 unspecified atom stereocenters. The van der Waals surface area contributed by atoms with Gasteiger partial charge in [-0.25, -0.2) is 4.39 Å². The third-order valence-electron chi connectivity index (χ3n) is 0.874. The van der Waals surface area contributed by atoms with Crippen molar-refractivity contribution < 1.29 is 4.39 Å². The fourth-order valence-electron chi connectivity index (χ4n) is 0.512. The van der Waals surface area contributed by atoms with Crippen LogP contribution in [0.25, 0.3) is 0 Å². The van der Waals surface area contributed by atoms with Crippen LogP contribution in [0, 0.1) is 0 Å². The van der Waals surface area contributed by atoms with Gasteiger partial charge < -0.3 is 0 Å². The van der Waals surface area contributed by atoms with Crippen LogP contribution in [0.5, 0.6) is 0 Å². The molecule has 0 heterocycles. The molecule has 0 aromatic heterocycles. The van der Waals surface area contributed by atoms with Crippen LogP contribution in [0.2, 0.25) is 0 Å². The second-order valence-corrected chi connectivity index (χ2v) is 2.30. The Morgan fingerprint density at radius 2 is 1.90 bits per heavy atom. The van der Waals surface area contributed by atoms with Gasteiger partial charge in [-0.15, -0.1) is 0 Å². The Labute approximate surface area is 61.8 Å². The van der Waals surface area contributed by atoms with Gasteiger partial charge in [-0.1, -0.05) is 17.7 Å². The first-order valence-electron chi connectivity index (χ1n) is 3.30. The predicted octanol–water partition coefficient (Wildman–Crippen LogP) is 3.38. The largest absolute Gasteiger partial charge is 0.207 e. The number of hydrogen-bond donors (Lipinski definition) is 0. The highest BCUT2D eigenvalue weighted by Crippen LogP contribution is 2.02. The molecule has 0 saturated heterocycles. The SMILES string of the molecule is C/C=C/C=C(/F)C=C(C)C. The summed E-state index contributed by atoms with van der Waals surface area (Å²) in [6.45, 7) is 5.58. The monoisotopic (exact) mass is 140 g/mol. The van der Waals surface area contributed by atoms with Crippen molar-refractivity contribution in [3.05, 3.63) is 35.7 Å². The molecule has 0 aliphatic carbocycles. The zero-order valence-corrected chi connectivity index (χ0v) is 6.69. The van der Waals surface area contributed by atoms with Crippen LogP contribution in [-0.4, -0.2) is 0 Å². The van der Waals surface area contributed by atoms with Crippen LogP contribution in [0.3, 0.4) is 0 Å². The summed E-state index contributed by atoms with van der Waals surface area (Å²) in [7, 11) is 0. The summed E-state index contributed by atoms with van der Waals surface area (Å²) < 4.78 is 12.6. The summed E-state index contributed by atoms with van der Waals surface area (Å²) in [5.74, 6) is -0.196. The van der Waals surface area contributed by atoms with E-state index in [0.29, 0.717) is 0 Å². The zero-order valence-electron chi connectivity index (χ0n) is 6.69. The molecule has 0 aromatic rings. The van der Waals surface area contributed by atoms with Gasteiger partial charge in [0.05, 0.1) is 0 Å². The Morgan fingerprint density at radius 1 is 1.30 bits per heavy atom. The topological polar surface area (TPSA) is 0 Å². The van der Waals surface area contributed by atoms with Crippen LogP contribution in [-0.2, 0) is 0 Å². The Kier molecular flexibility index (Phi) is 4.55. The van der Waals surface area contributed by atoms with Crippen molar-refractivity contribution in [3.8, 4) is 0 Å². The van der Waals surface area contributed by atoms with Crippen molar-refractivity contribution in [2.75, 3.05) is 0 Å². The minimum Gasteiger partial charge on any atom is -0.207 e. The van der Waals surface area contributed by atoms with Crippen molar-refractivity contribution >= 4 is 0 Å². The quantitative estimate of drug-likeness (QED) is 0.516. The highest BCUT2D eigenvalue weighted by Gasteiger charge is 1.83. The highest BCUT2D eigenvalue weighted by molar-refractivity contribution is 5.19. The predicted molar refractivity (Wildman–Crippen MR) is 43.4 cm³/mol. The van der Waals surface area contributed by atoms with Crippen LogP contribution in [0.4, 0.5) is 4.39 Å². The number of allylic oxidation sites excluding steroid dienone is 6. The Balaban J connectivity index is 4.08. The van der Waals surface area contributed by atoms with Crippen molar-refractivity contribution in [3.63, 3.8) is 0 Å². The normalized spacial score (nSPS) is 12.2. The molecular weight excluding hydrogens is 127 g/mol. The fraction of sp³-hybridized carbons (Fsp3) is 0.333. The molecule has 56 valence electrons. The summed E-state index contributed by atoms with van der Waals surface area (Å²) in [5, 5.41) is 0. The van der Waals surface area contributed by atoms with Gasteiger partial charge in [-0.05, 0) is 32.9 Å². The van der Waals surface area contributed by atoms with Gasteiger partial charge in [-0.2, -0.15) is 0 Å². The molecular formula is C9H13F. The highest BCUT2D eigenvalue weighted by atomic mass is 19.1. The van der Waals surface area contributed by atoms with Crippen LogP contribution < -0.4 is 0 Å². The maximum atomic E-state index is 12.6. The number of rotatable bonds is 2. The maximum absolute atomic E-state index is 12.6. The summed E-state index contributed by atoms with van der Waals surface area (Å²) in [5.41, 5.74) is 0.971. The van der Waals surface area contributed by atoms with Gasteiger partial charge in [0.15, 0.2) is 0 Å². The van der Waals surface area contributed by atoms with E-state index < -0.39 is 0 Å². The molecule has 0 atom stereocenters. The second kappa shape index (κ2) is 4.98. The molecule has 0 N–H and O–H groups in total. The van der Waals surface area contributed by atoms with E-state index >= 15 is 0 Å². The lowest BCUT2D eigenvalue weighted by molar-refractivity contribution is 0.665. The zero-order chi connectivity index (χ0) is 7.98. The molecule has 0 aliphatic heterocycles. The number of hydrogen-bond acceptors (Lipinski definition) is 0. The van der Waals surface area contributed by atoms with E-state index in [1.54, 1.807) is 12.2 Å². The molecule has 0 amide bonds. The standard InChI is InChI=1S/C9H13F/c1-4-5-6-9(10)7-8(2)3/h4-7H,1-3H3/b5-4+,9-6+. The Bertz CT molecular complexity index is 169. The van der Waals surface area contributed by atoms with Crippen molar-refractivity contribution in [2.45, 2.75) is 20.8 Å². The van der Waals surface area contributed by atoms with Gasteiger partial charge >= 0.3 is 0 Å². The number of halogens is 1. The first-order valence-corrected chi connectivity index (χ1v) is 3.30. The molecule has 0 bridgehead atoms. The molecule has 0 nitrogen and oxygen atoms in total. The Morgan fingerprint density at radius 3 is 2.30 bits per heavy atom. The van der Waals surface area contributed by atoms with Gasteiger partial charge in [0.25, 0.3) is 0 Å². The average Bonchev–Trinajstić information content (AvgIpc) is 1.82.